The number of nitrogens with one attached hydrogen (secondary N) is 1. The van der Waals surface area contributed by atoms with E-state index in [1.54, 1.807) is 6.92 Å². The third kappa shape index (κ3) is 3.70. The molecule has 0 bridgehead atoms. The molecule has 0 atom stereocenters. The monoisotopic (exact) mass is 380 g/mol. The smallest absolute Gasteiger partial charge is 0.416 e. The highest BCUT2D eigenvalue weighted by Gasteiger charge is 2.36. The number of oxime groups is 1. The van der Waals surface area contributed by atoms with E-state index >= 15 is 0 Å². The minimum absolute atomic E-state index is 0.00346. The summed E-state index contributed by atoms with van der Waals surface area (Å²) >= 11 is 0. The molecular formula is C19H19F3N2O3. The van der Waals surface area contributed by atoms with Gasteiger partial charge in [-0.15, -0.1) is 0 Å². The van der Waals surface area contributed by atoms with Crippen LogP contribution in [0.1, 0.15) is 53.3 Å². The van der Waals surface area contributed by atoms with Crippen molar-refractivity contribution in [1.29, 1.82) is 0 Å². The number of rotatable bonds is 2. The highest BCUT2D eigenvalue weighted by Crippen LogP contribution is 2.39. The van der Waals surface area contributed by atoms with Crippen LogP contribution < -0.4 is 5.32 Å². The summed E-state index contributed by atoms with van der Waals surface area (Å²) in [6.45, 7) is 5.63. The molecule has 1 aromatic heterocycles. The first-order valence-corrected chi connectivity index (χ1v) is 8.34. The van der Waals surface area contributed by atoms with Gasteiger partial charge in [0.15, 0.2) is 5.76 Å². The molecule has 1 aliphatic rings. The third-order valence-corrected chi connectivity index (χ3v) is 4.57. The van der Waals surface area contributed by atoms with E-state index in [0.717, 1.165) is 12.1 Å². The number of carbonyl (C=O) groups excluding carboxylic acids is 1. The number of hydrogen-bond acceptors (Lipinski definition) is 4. The number of halogens is 3. The molecule has 0 spiro atoms. The second-order valence-corrected chi connectivity index (χ2v) is 7.45. The molecule has 0 fully saturated rings. The van der Waals surface area contributed by atoms with Crippen LogP contribution in [0, 0.1) is 12.3 Å². The summed E-state index contributed by atoms with van der Waals surface area (Å²) in [4.78, 5) is 12.6. The average Bonchev–Trinajstić information content (AvgIpc) is 2.89. The summed E-state index contributed by atoms with van der Waals surface area (Å²) in [6.07, 6.45) is -3.43. The summed E-state index contributed by atoms with van der Waals surface area (Å²) in [5.74, 6) is -0.127. The highest BCUT2D eigenvalue weighted by molar-refractivity contribution is 6.09. The van der Waals surface area contributed by atoms with Gasteiger partial charge in [0.1, 0.15) is 5.76 Å². The molecule has 1 amide bonds. The minimum Gasteiger partial charge on any atom is -0.455 e. The minimum atomic E-state index is -4.50. The predicted octanol–water partition coefficient (Wildman–Crippen LogP) is 5.01. The molecule has 27 heavy (non-hydrogen) atoms. The Labute approximate surface area is 153 Å². The van der Waals surface area contributed by atoms with Gasteiger partial charge in [-0.3, -0.25) is 4.79 Å². The summed E-state index contributed by atoms with van der Waals surface area (Å²) in [5, 5.41) is 15.1. The summed E-state index contributed by atoms with van der Waals surface area (Å²) in [7, 11) is 0. The number of furan rings is 1. The lowest BCUT2D eigenvalue weighted by molar-refractivity contribution is -0.137. The van der Waals surface area contributed by atoms with Crippen LogP contribution in [-0.2, 0) is 12.6 Å². The normalized spacial score (nSPS) is 17.6. The van der Waals surface area contributed by atoms with Crippen molar-refractivity contribution in [2.75, 3.05) is 5.32 Å². The Hall–Kier alpha value is -2.77. The van der Waals surface area contributed by atoms with Crippen molar-refractivity contribution >= 4 is 17.3 Å². The van der Waals surface area contributed by atoms with E-state index in [0.29, 0.717) is 35.4 Å². The Morgan fingerprint density at radius 1 is 1.30 bits per heavy atom. The number of alkyl halides is 3. The third-order valence-electron chi connectivity index (χ3n) is 4.57. The molecule has 1 heterocycles. The van der Waals surface area contributed by atoms with E-state index < -0.39 is 17.6 Å². The first-order chi connectivity index (χ1) is 12.5. The number of benzene rings is 1. The van der Waals surface area contributed by atoms with Gasteiger partial charge >= 0.3 is 6.18 Å². The lowest BCUT2D eigenvalue weighted by Gasteiger charge is -2.28. The van der Waals surface area contributed by atoms with Gasteiger partial charge in [0, 0.05) is 23.2 Å². The van der Waals surface area contributed by atoms with Crippen LogP contribution in [0.2, 0.25) is 0 Å². The molecule has 144 valence electrons. The van der Waals surface area contributed by atoms with E-state index in [1.165, 1.54) is 12.1 Å². The molecule has 0 unspecified atom stereocenters. The first-order valence-electron chi connectivity index (χ1n) is 8.34. The highest BCUT2D eigenvalue weighted by atomic mass is 19.4. The van der Waals surface area contributed by atoms with Gasteiger partial charge in [0.05, 0.1) is 11.3 Å². The number of anilines is 1. The van der Waals surface area contributed by atoms with E-state index in [9.17, 15) is 23.2 Å². The summed E-state index contributed by atoms with van der Waals surface area (Å²) in [5.41, 5.74) is 0.477. The maximum Gasteiger partial charge on any atom is 0.416 e. The summed E-state index contributed by atoms with van der Waals surface area (Å²) < 4.78 is 44.2. The van der Waals surface area contributed by atoms with Gasteiger partial charge in [-0.1, -0.05) is 25.1 Å². The van der Waals surface area contributed by atoms with Crippen molar-refractivity contribution in [3.8, 4) is 0 Å². The van der Waals surface area contributed by atoms with Crippen molar-refractivity contribution in [3.05, 3.63) is 52.5 Å². The van der Waals surface area contributed by atoms with E-state index in [2.05, 4.69) is 10.5 Å². The fourth-order valence-corrected chi connectivity index (χ4v) is 3.38. The summed E-state index contributed by atoms with van der Waals surface area (Å²) in [6, 6.07) is 4.38. The van der Waals surface area contributed by atoms with Crippen molar-refractivity contribution in [2.24, 2.45) is 10.6 Å². The molecule has 0 saturated heterocycles. The van der Waals surface area contributed by atoms with Gasteiger partial charge < -0.3 is 14.9 Å². The molecule has 5 nitrogen and oxygen atoms in total. The first kappa shape index (κ1) is 19.0. The van der Waals surface area contributed by atoms with E-state index in [-0.39, 0.29) is 16.9 Å². The van der Waals surface area contributed by atoms with Crippen LogP contribution in [0.4, 0.5) is 18.9 Å². The Morgan fingerprint density at radius 3 is 2.63 bits per heavy atom. The van der Waals surface area contributed by atoms with Crippen LogP contribution in [0.5, 0.6) is 0 Å². The molecule has 8 heteroatoms. The molecule has 0 saturated carbocycles. The van der Waals surface area contributed by atoms with E-state index in [4.69, 9.17) is 4.42 Å². The SMILES string of the molecule is Cc1c(C(=O)Nc2cccc(C(F)(F)F)c2)oc2c1/C(=N\O)CC(C)(C)C2. The lowest BCUT2D eigenvalue weighted by Crippen LogP contribution is -2.27. The number of hydrogen-bond donors (Lipinski definition) is 2. The van der Waals surface area contributed by atoms with Crippen LogP contribution >= 0.6 is 0 Å². The topological polar surface area (TPSA) is 74.8 Å². The molecule has 0 aliphatic heterocycles. The molecule has 2 N–H and O–H groups in total. The second-order valence-electron chi connectivity index (χ2n) is 7.45. The van der Waals surface area contributed by atoms with Gasteiger partial charge in [0.2, 0.25) is 0 Å². The van der Waals surface area contributed by atoms with Gasteiger partial charge in [-0.05, 0) is 37.0 Å². The van der Waals surface area contributed by atoms with Gasteiger partial charge in [-0.2, -0.15) is 13.2 Å². The van der Waals surface area contributed by atoms with Crippen molar-refractivity contribution < 1.29 is 27.6 Å². The molecule has 1 aromatic carbocycles. The zero-order valence-corrected chi connectivity index (χ0v) is 15.1. The van der Waals surface area contributed by atoms with Crippen molar-refractivity contribution in [2.45, 2.75) is 39.8 Å². The molecule has 1 aliphatic carbocycles. The van der Waals surface area contributed by atoms with E-state index in [1.807, 2.05) is 13.8 Å². The zero-order valence-electron chi connectivity index (χ0n) is 15.1. The number of nitrogens with zero attached hydrogens (tertiary/aromatic N) is 1. The Kier molecular flexibility index (Phi) is 4.53. The fraction of sp³-hybridized carbons (Fsp3) is 0.368. The maximum atomic E-state index is 12.8. The Morgan fingerprint density at radius 2 is 2.00 bits per heavy atom. The fourth-order valence-electron chi connectivity index (χ4n) is 3.38. The van der Waals surface area contributed by atoms with Gasteiger partial charge in [0.25, 0.3) is 5.91 Å². The number of fused-ring (bicyclic) bond motifs is 1. The Bertz CT molecular complexity index is 927. The van der Waals surface area contributed by atoms with Crippen LogP contribution in [0.25, 0.3) is 0 Å². The maximum absolute atomic E-state index is 12.8. The Balaban J connectivity index is 1.93. The average molecular weight is 380 g/mol. The predicted molar refractivity (Wildman–Crippen MR) is 93.3 cm³/mol. The van der Waals surface area contributed by atoms with Gasteiger partial charge in [-0.25, -0.2) is 0 Å². The zero-order chi connectivity index (χ0) is 20.0. The van der Waals surface area contributed by atoms with Crippen molar-refractivity contribution in [1.82, 2.24) is 0 Å². The standard InChI is InChI=1S/C19H19F3N2O3/c1-10-15-13(24-26)8-18(2,3)9-14(15)27-16(10)17(25)23-12-6-4-5-11(7-12)19(20,21)22/h4-7,26H,8-9H2,1-3H3,(H,23,25)/b24-13-. The number of amides is 1. The van der Waals surface area contributed by atoms with Crippen LogP contribution in [0.3, 0.4) is 0 Å². The van der Waals surface area contributed by atoms with Crippen LogP contribution in [0.15, 0.2) is 33.8 Å². The second kappa shape index (κ2) is 6.44. The largest absolute Gasteiger partial charge is 0.455 e. The quantitative estimate of drug-likeness (QED) is 0.568. The number of carbonyl (C=O) groups is 1. The lowest BCUT2D eigenvalue weighted by atomic mass is 9.75. The molecular weight excluding hydrogens is 361 g/mol. The van der Waals surface area contributed by atoms with Crippen LogP contribution in [-0.4, -0.2) is 16.8 Å². The molecule has 2 aromatic rings. The van der Waals surface area contributed by atoms with Crippen molar-refractivity contribution in [3.63, 3.8) is 0 Å². The molecule has 3 rings (SSSR count). The molecule has 0 radical (unpaired) electrons.